The molecular weight excluding hydrogens is 316 g/mol. The first-order chi connectivity index (χ1) is 12.2. The van der Waals surface area contributed by atoms with Gasteiger partial charge >= 0.3 is 6.03 Å². The summed E-state index contributed by atoms with van der Waals surface area (Å²) in [6.45, 7) is 0. The Morgan fingerprint density at radius 1 is 0.680 bits per heavy atom. The van der Waals surface area contributed by atoms with Gasteiger partial charge in [-0.15, -0.1) is 0 Å². The summed E-state index contributed by atoms with van der Waals surface area (Å²) in [7, 11) is 0. The van der Waals surface area contributed by atoms with E-state index in [-0.39, 0.29) is 11.9 Å². The number of nitrogens with one attached hydrogen (secondary N) is 3. The van der Waals surface area contributed by atoms with Gasteiger partial charge < -0.3 is 16.0 Å². The Kier molecular flexibility index (Phi) is 5.01. The number of anilines is 3. The fourth-order valence-electron chi connectivity index (χ4n) is 2.16. The van der Waals surface area contributed by atoms with Crippen LogP contribution in [0.1, 0.15) is 10.4 Å². The van der Waals surface area contributed by atoms with E-state index < -0.39 is 0 Å². The average molecular weight is 332 g/mol. The Bertz CT molecular complexity index is 850. The van der Waals surface area contributed by atoms with Crippen LogP contribution < -0.4 is 16.0 Å². The zero-order valence-electron chi connectivity index (χ0n) is 13.3. The number of carbonyl (C=O) groups is 2. The fourth-order valence-corrected chi connectivity index (χ4v) is 2.16. The number of rotatable bonds is 4. The standard InChI is InChI=1S/C19H16N4O2/c24-18(14-5-2-1-3-6-14)21-15-8-10-16(11-9-15)22-19(25)23-17-7-4-12-20-13-17/h1-13H,(H,21,24)(H2,22,23,25). The second-order valence-corrected chi connectivity index (χ2v) is 5.22. The van der Waals surface area contributed by atoms with Crippen LogP contribution in [0.2, 0.25) is 0 Å². The SMILES string of the molecule is O=C(Nc1ccc(NC(=O)c2ccccc2)cc1)Nc1cccnc1. The molecule has 3 amide bonds. The van der Waals surface area contributed by atoms with E-state index in [0.29, 0.717) is 22.6 Å². The normalized spacial score (nSPS) is 9.92. The molecule has 0 aliphatic heterocycles. The van der Waals surface area contributed by atoms with Crippen molar-refractivity contribution in [3.63, 3.8) is 0 Å². The molecule has 0 radical (unpaired) electrons. The molecule has 0 aliphatic carbocycles. The van der Waals surface area contributed by atoms with Crippen molar-refractivity contribution in [2.45, 2.75) is 0 Å². The molecule has 0 spiro atoms. The number of carbonyl (C=O) groups excluding carboxylic acids is 2. The van der Waals surface area contributed by atoms with Crippen molar-refractivity contribution in [2.75, 3.05) is 16.0 Å². The Morgan fingerprint density at radius 3 is 1.96 bits per heavy atom. The molecule has 1 aromatic heterocycles. The molecule has 0 saturated carbocycles. The first-order valence-electron chi connectivity index (χ1n) is 7.65. The summed E-state index contributed by atoms with van der Waals surface area (Å²) in [4.78, 5) is 27.9. The molecule has 0 aliphatic rings. The predicted octanol–water partition coefficient (Wildman–Crippen LogP) is 3.98. The van der Waals surface area contributed by atoms with Gasteiger partial charge in [0.25, 0.3) is 5.91 Å². The molecule has 6 nitrogen and oxygen atoms in total. The highest BCUT2D eigenvalue weighted by atomic mass is 16.2. The van der Waals surface area contributed by atoms with Gasteiger partial charge in [0.15, 0.2) is 0 Å². The maximum Gasteiger partial charge on any atom is 0.323 e. The minimum absolute atomic E-state index is 0.185. The Morgan fingerprint density at radius 2 is 1.32 bits per heavy atom. The van der Waals surface area contributed by atoms with Gasteiger partial charge in [0.2, 0.25) is 0 Å². The van der Waals surface area contributed by atoms with Gasteiger partial charge in [-0.3, -0.25) is 9.78 Å². The van der Waals surface area contributed by atoms with Gasteiger partial charge in [0, 0.05) is 23.1 Å². The summed E-state index contributed by atoms with van der Waals surface area (Å²) in [6.07, 6.45) is 3.19. The highest BCUT2D eigenvalue weighted by Crippen LogP contribution is 2.15. The van der Waals surface area contributed by atoms with Crippen LogP contribution in [0, 0.1) is 0 Å². The molecule has 0 bridgehead atoms. The highest BCUT2D eigenvalue weighted by Gasteiger charge is 2.06. The van der Waals surface area contributed by atoms with Crippen molar-refractivity contribution >= 4 is 29.0 Å². The van der Waals surface area contributed by atoms with Gasteiger partial charge in [-0.2, -0.15) is 0 Å². The van der Waals surface area contributed by atoms with Gasteiger partial charge in [0.05, 0.1) is 11.9 Å². The van der Waals surface area contributed by atoms with Gasteiger partial charge in [-0.25, -0.2) is 4.79 Å². The Hall–Kier alpha value is -3.67. The van der Waals surface area contributed by atoms with E-state index in [2.05, 4.69) is 20.9 Å². The van der Waals surface area contributed by atoms with Crippen LogP contribution in [-0.4, -0.2) is 16.9 Å². The summed E-state index contributed by atoms with van der Waals surface area (Å²) < 4.78 is 0. The lowest BCUT2D eigenvalue weighted by atomic mass is 10.2. The molecule has 0 saturated heterocycles. The molecule has 124 valence electrons. The van der Waals surface area contributed by atoms with Crippen LogP contribution in [0.3, 0.4) is 0 Å². The van der Waals surface area contributed by atoms with E-state index in [1.54, 1.807) is 60.9 Å². The largest absolute Gasteiger partial charge is 0.323 e. The average Bonchev–Trinajstić information content (AvgIpc) is 2.65. The molecule has 3 aromatic rings. The summed E-state index contributed by atoms with van der Waals surface area (Å²) in [5, 5.41) is 8.19. The lowest BCUT2D eigenvalue weighted by molar-refractivity contribution is 0.102. The van der Waals surface area contributed by atoms with Gasteiger partial charge in [0.1, 0.15) is 0 Å². The lowest BCUT2D eigenvalue weighted by Crippen LogP contribution is -2.19. The lowest BCUT2D eigenvalue weighted by Gasteiger charge is -2.09. The van der Waals surface area contributed by atoms with E-state index in [1.165, 1.54) is 0 Å². The molecule has 0 unspecified atom stereocenters. The van der Waals surface area contributed by atoms with E-state index >= 15 is 0 Å². The molecule has 3 N–H and O–H groups in total. The first-order valence-corrected chi connectivity index (χ1v) is 7.65. The molecule has 0 atom stereocenters. The quantitative estimate of drug-likeness (QED) is 0.676. The van der Waals surface area contributed by atoms with Crippen LogP contribution in [0.25, 0.3) is 0 Å². The number of hydrogen-bond donors (Lipinski definition) is 3. The number of nitrogens with zero attached hydrogens (tertiary/aromatic N) is 1. The minimum atomic E-state index is -0.367. The number of hydrogen-bond acceptors (Lipinski definition) is 3. The summed E-state index contributed by atoms with van der Waals surface area (Å²) in [5.41, 5.74) is 2.44. The maximum atomic E-state index is 12.1. The Labute approximate surface area is 144 Å². The number of benzene rings is 2. The van der Waals surface area contributed by atoms with E-state index in [4.69, 9.17) is 0 Å². The van der Waals surface area contributed by atoms with Crippen LogP contribution in [-0.2, 0) is 0 Å². The van der Waals surface area contributed by atoms with Crippen molar-refractivity contribution < 1.29 is 9.59 Å². The number of aromatic nitrogens is 1. The van der Waals surface area contributed by atoms with Crippen molar-refractivity contribution in [2.24, 2.45) is 0 Å². The molecule has 25 heavy (non-hydrogen) atoms. The third kappa shape index (κ3) is 4.65. The third-order valence-corrected chi connectivity index (χ3v) is 3.36. The van der Waals surface area contributed by atoms with Crippen LogP contribution in [0.15, 0.2) is 79.1 Å². The molecule has 3 rings (SSSR count). The molecule has 2 aromatic carbocycles. The maximum absolute atomic E-state index is 12.1. The zero-order valence-corrected chi connectivity index (χ0v) is 13.3. The van der Waals surface area contributed by atoms with Crippen LogP contribution in [0.5, 0.6) is 0 Å². The number of urea groups is 1. The van der Waals surface area contributed by atoms with Crippen molar-refractivity contribution in [1.29, 1.82) is 0 Å². The zero-order chi connectivity index (χ0) is 17.5. The fraction of sp³-hybridized carbons (Fsp3) is 0. The van der Waals surface area contributed by atoms with Crippen molar-refractivity contribution in [1.82, 2.24) is 4.98 Å². The van der Waals surface area contributed by atoms with Gasteiger partial charge in [-0.05, 0) is 48.5 Å². The Balaban J connectivity index is 1.57. The topological polar surface area (TPSA) is 83.1 Å². The molecular formula is C19H16N4O2. The van der Waals surface area contributed by atoms with Crippen molar-refractivity contribution in [3.8, 4) is 0 Å². The highest BCUT2D eigenvalue weighted by molar-refractivity contribution is 6.04. The van der Waals surface area contributed by atoms with E-state index in [0.717, 1.165) is 0 Å². The van der Waals surface area contributed by atoms with E-state index in [1.807, 2.05) is 18.2 Å². The molecule has 0 fully saturated rings. The summed E-state index contributed by atoms with van der Waals surface area (Å²) in [5.74, 6) is -0.185. The number of pyridine rings is 1. The van der Waals surface area contributed by atoms with E-state index in [9.17, 15) is 9.59 Å². The summed E-state index contributed by atoms with van der Waals surface area (Å²) in [6, 6.07) is 18.9. The smallest absolute Gasteiger partial charge is 0.322 e. The van der Waals surface area contributed by atoms with Crippen LogP contribution in [0.4, 0.5) is 21.9 Å². The second kappa shape index (κ2) is 7.74. The first kappa shape index (κ1) is 16.2. The third-order valence-electron chi connectivity index (χ3n) is 3.36. The molecule has 6 heteroatoms. The summed E-state index contributed by atoms with van der Waals surface area (Å²) >= 11 is 0. The van der Waals surface area contributed by atoms with Crippen molar-refractivity contribution in [3.05, 3.63) is 84.7 Å². The predicted molar refractivity (Wildman–Crippen MR) is 97.7 cm³/mol. The van der Waals surface area contributed by atoms with Crippen LogP contribution >= 0.6 is 0 Å². The monoisotopic (exact) mass is 332 g/mol. The van der Waals surface area contributed by atoms with Gasteiger partial charge in [-0.1, -0.05) is 18.2 Å². The second-order valence-electron chi connectivity index (χ2n) is 5.22. The molecule has 1 heterocycles. The minimum Gasteiger partial charge on any atom is -0.322 e. The number of amides is 3.